The van der Waals surface area contributed by atoms with Crippen LogP contribution < -0.4 is 0 Å². The minimum atomic E-state index is 0.870. The molecule has 0 bridgehead atoms. The fourth-order valence-corrected chi connectivity index (χ4v) is 1.94. The summed E-state index contributed by atoms with van der Waals surface area (Å²) in [6.45, 7) is 3.27. The van der Waals surface area contributed by atoms with Crippen LogP contribution in [0.1, 0.15) is 32.6 Å². The van der Waals surface area contributed by atoms with Crippen LogP contribution in [0.2, 0.25) is 0 Å². The van der Waals surface area contributed by atoms with Crippen molar-refractivity contribution in [3.05, 3.63) is 0 Å². The van der Waals surface area contributed by atoms with Gasteiger partial charge in [-0.15, -0.1) is 0 Å². The molecule has 1 heteroatoms. The first-order valence-corrected chi connectivity index (χ1v) is 4.35. The molecule has 0 aromatic rings. The van der Waals surface area contributed by atoms with E-state index in [1.165, 1.54) is 25.7 Å². The van der Waals surface area contributed by atoms with Crippen LogP contribution in [0.15, 0.2) is 0 Å². The Labute approximate surface area is 63.8 Å². The van der Waals surface area contributed by atoms with Gasteiger partial charge in [0.05, 0.1) is 0 Å². The smallest absolute Gasteiger partial charge is 0.0490 e. The highest BCUT2D eigenvalue weighted by Gasteiger charge is 2.22. The molecule has 0 aromatic heterocycles. The van der Waals surface area contributed by atoms with E-state index in [9.17, 15) is 0 Å². The molecule has 1 aliphatic rings. The van der Waals surface area contributed by atoms with Crippen molar-refractivity contribution >= 4 is 0 Å². The Kier molecular flexibility index (Phi) is 3.20. The van der Waals surface area contributed by atoms with Crippen LogP contribution in [0.4, 0.5) is 0 Å². The van der Waals surface area contributed by atoms with Gasteiger partial charge in [-0.1, -0.05) is 19.8 Å². The highest BCUT2D eigenvalue weighted by molar-refractivity contribution is 4.73. The minimum absolute atomic E-state index is 0.870. The lowest BCUT2D eigenvalue weighted by atomic mass is 10.0. The van der Waals surface area contributed by atoms with E-state index in [2.05, 4.69) is 6.92 Å². The molecule has 1 saturated carbocycles. The topological polar surface area (TPSA) is 9.23 Å². The molecule has 60 valence electrons. The summed E-state index contributed by atoms with van der Waals surface area (Å²) in [5, 5.41) is 0. The molecule has 0 aliphatic heterocycles. The van der Waals surface area contributed by atoms with Crippen molar-refractivity contribution < 1.29 is 4.74 Å². The summed E-state index contributed by atoms with van der Waals surface area (Å²) in [6.07, 6.45) is 5.60. The summed E-state index contributed by atoms with van der Waals surface area (Å²) < 4.78 is 5.12. The van der Waals surface area contributed by atoms with E-state index in [4.69, 9.17) is 4.74 Å². The van der Waals surface area contributed by atoms with E-state index in [0.29, 0.717) is 0 Å². The number of methoxy groups -OCH3 is 1. The molecule has 0 N–H and O–H groups in total. The third kappa shape index (κ3) is 1.98. The summed E-state index contributed by atoms with van der Waals surface area (Å²) in [6, 6.07) is 0. The SMILES string of the molecule is CC[C@H]1CC[C@@H](COC)C1. The molecule has 0 spiro atoms. The van der Waals surface area contributed by atoms with Gasteiger partial charge in [0.1, 0.15) is 0 Å². The van der Waals surface area contributed by atoms with Crippen LogP contribution >= 0.6 is 0 Å². The van der Waals surface area contributed by atoms with E-state index in [-0.39, 0.29) is 0 Å². The fraction of sp³-hybridized carbons (Fsp3) is 1.00. The van der Waals surface area contributed by atoms with Gasteiger partial charge in [0.2, 0.25) is 0 Å². The lowest BCUT2D eigenvalue weighted by molar-refractivity contribution is 0.153. The molecule has 2 atom stereocenters. The van der Waals surface area contributed by atoms with E-state index in [1.807, 2.05) is 0 Å². The van der Waals surface area contributed by atoms with E-state index >= 15 is 0 Å². The first-order chi connectivity index (χ1) is 4.86. The maximum atomic E-state index is 5.12. The van der Waals surface area contributed by atoms with Gasteiger partial charge in [0, 0.05) is 13.7 Å². The lowest BCUT2D eigenvalue weighted by Gasteiger charge is -2.07. The maximum absolute atomic E-state index is 5.12. The first-order valence-electron chi connectivity index (χ1n) is 4.35. The van der Waals surface area contributed by atoms with E-state index < -0.39 is 0 Å². The van der Waals surface area contributed by atoms with Crippen molar-refractivity contribution in [2.75, 3.05) is 13.7 Å². The second kappa shape index (κ2) is 3.97. The van der Waals surface area contributed by atoms with Gasteiger partial charge in [-0.2, -0.15) is 0 Å². The van der Waals surface area contributed by atoms with Crippen molar-refractivity contribution in [3.8, 4) is 0 Å². The fourth-order valence-electron chi connectivity index (χ4n) is 1.94. The van der Waals surface area contributed by atoms with Crippen LogP contribution in [0.5, 0.6) is 0 Å². The van der Waals surface area contributed by atoms with E-state index in [1.54, 1.807) is 7.11 Å². The number of ether oxygens (including phenoxy) is 1. The summed E-state index contributed by atoms with van der Waals surface area (Å²) in [4.78, 5) is 0. The third-order valence-corrected chi connectivity index (χ3v) is 2.63. The Bertz CT molecular complexity index is 90.7. The molecule has 1 aliphatic carbocycles. The Morgan fingerprint density at radius 1 is 1.30 bits per heavy atom. The van der Waals surface area contributed by atoms with Gasteiger partial charge in [-0.3, -0.25) is 0 Å². The molecule has 0 unspecified atom stereocenters. The van der Waals surface area contributed by atoms with Gasteiger partial charge < -0.3 is 4.74 Å². The Hall–Kier alpha value is -0.0400. The van der Waals surface area contributed by atoms with Crippen LogP contribution in [0.3, 0.4) is 0 Å². The molecule has 0 radical (unpaired) electrons. The van der Waals surface area contributed by atoms with Crippen molar-refractivity contribution in [3.63, 3.8) is 0 Å². The summed E-state index contributed by atoms with van der Waals surface area (Å²) in [7, 11) is 1.80. The van der Waals surface area contributed by atoms with Crippen LogP contribution in [-0.4, -0.2) is 13.7 Å². The normalized spacial score (nSPS) is 33.0. The molecular formula is C9H18O. The highest BCUT2D eigenvalue weighted by atomic mass is 16.5. The Morgan fingerprint density at radius 2 is 2.00 bits per heavy atom. The predicted octanol–water partition coefficient (Wildman–Crippen LogP) is 2.46. The Balaban J connectivity index is 2.15. The maximum Gasteiger partial charge on any atom is 0.0490 e. The summed E-state index contributed by atoms with van der Waals surface area (Å²) in [5.74, 6) is 1.87. The van der Waals surface area contributed by atoms with Crippen molar-refractivity contribution in [2.24, 2.45) is 11.8 Å². The predicted molar refractivity (Wildman–Crippen MR) is 43.0 cm³/mol. The molecule has 0 aromatic carbocycles. The number of hydrogen-bond acceptors (Lipinski definition) is 1. The average molecular weight is 142 g/mol. The van der Waals surface area contributed by atoms with Crippen molar-refractivity contribution in [1.82, 2.24) is 0 Å². The lowest BCUT2D eigenvalue weighted by Crippen LogP contribution is -2.03. The first kappa shape index (κ1) is 8.06. The molecule has 0 amide bonds. The molecule has 1 fully saturated rings. The zero-order valence-corrected chi connectivity index (χ0v) is 7.10. The van der Waals surface area contributed by atoms with Crippen molar-refractivity contribution in [1.29, 1.82) is 0 Å². The Morgan fingerprint density at radius 3 is 2.50 bits per heavy atom. The van der Waals surface area contributed by atoms with Crippen molar-refractivity contribution in [2.45, 2.75) is 32.6 Å². The van der Waals surface area contributed by atoms with Gasteiger partial charge in [0.25, 0.3) is 0 Å². The molecule has 1 rings (SSSR count). The second-order valence-corrected chi connectivity index (χ2v) is 3.41. The standard InChI is InChI=1S/C9H18O/c1-3-8-4-5-9(6-8)7-10-2/h8-9H,3-7H2,1-2H3/t8-,9+/m0/s1. The van der Waals surface area contributed by atoms with Gasteiger partial charge in [-0.25, -0.2) is 0 Å². The van der Waals surface area contributed by atoms with Crippen LogP contribution in [-0.2, 0) is 4.74 Å². The molecular weight excluding hydrogens is 124 g/mol. The quantitative estimate of drug-likeness (QED) is 0.588. The van der Waals surface area contributed by atoms with Crippen LogP contribution in [0.25, 0.3) is 0 Å². The summed E-state index contributed by atoms with van der Waals surface area (Å²) >= 11 is 0. The van der Waals surface area contributed by atoms with Gasteiger partial charge in [-0.05, 0) is 24.7 Å². The third-order valence-electron chi connectivity index (χ3n) is 2.63. The largest absolute Gasteiger partial charge is 0.384 e. The van der Waals surface area contributed by atoms with Gasteiger partial charge in [0.15, 0.2) is 0 Å². The number of hydrogen-bond donors (Lipinski definition) is 0. The van der Waals surface area contributed by atoms with Crippen LogP contribution in [0, 0.1) is 11.8 Å². The molecule has 1 nitrogen and oxygen atoms in total. The molecule has 0 heterocycles. The minimum Gasteiger partial charge on any atom is -0.384 e. The zero-order valence-electron chi connectivity index (χ0n) is 7.10. The highest BCUT2D eigenvalue weighted by Crippen LogP contribution is 2.32. The van der Waals surface area contributed by atoms with E-state index in [0.717, 1.165) is 18.4 Å². The zero-order chi connectivity index (χ0) is 7.40. The molecule has 0 saturated heterocycles. The number of rotatable bonds is 3. The second-order valence-electron chi connectivity index (χ2n) is 3.41. The summed E-state index contributed by atoms with van der Waals surface area (Å²) in [5.41, 5.74) is 0. The van der Waals surface area contributed by atoms with Gasteiger partial charge >= 0.3 is 0 Å². The monoisotopic (exact) mass is 142 g/mol. The molecule has 10 heavy (non-hydrogen) atoms. The average Bonchev–Trinajstić information content (AvgIpc) is 2.37.